The number of phenolic OH excluding ortho intramolecular Hbond substituents is 1. The molecule has 0 aliphatic carbocycles. The number of amides is 2. The van der Waals surface area contributed by atoms with Crippen LogP contribution in [-0.4, -0.2) is 34.9 Å². The van der Waals surface area contributed by atoms with Gasteiger partial charge in [0.2, 0.25) is 11.8 Å². The van der Waals surface area contributed by atoms with E-state index in [1.807, 2.05) is 0 Å². The third kappa shape index (κ3) is 3.36. The molecular weight excluding hydrogens is 328 g/mol. The molecule has 1 saturated heterocycles. The van der Waals surface area contributed by atoms with E-state index in [1.165, 1.54) is 12.1 Å². The number of hydrogen-bond acceptors (Lipinski definition) is 3. The molecule has 6 heteroatoms. The average molecular weight is 345 g/mol. The van der Waals surface area contributed by atoms with Gasteiger partial charge in [0.05, 0.1) is 6.42 Å². The summed E-state index contributed by atoms with van der Waals surface area (Å²) in [5, 5.41) is 12.6. The van der Waals surface area contributed by atoms with Gasteiger partial charge in [0.15, 0.2) is 0 Å². The average Bonchev–Trinajstić information content (AvgIpc) is 2.57. The Hall–Kier alpha value is -2.53. The summed E-state index contributed by atoms with van der Waals surface area (Å²) in [5.74, 6) is -0.230. The van der Waals surface area contributed by atoms with Crippen molar-refractivity contribution in [3.05, 3.63) is 64.7 Å². The molecule has 0 radical (unpaired) electrons. The number of hydrogen-bond donors (Lipinski definition) is 2. The minimum absolute atomic E-state index is 0.150. The maximum atomic E-state index is 12.7. The molecule has 124 valence electrons. The first-order chi connectivity index (χ1) is 11.6. The summed E-state index contributed by atoms with van der Waals surface area (Å²) >= 11 is 6.22. The Labute approximate surface area is 144 Å². The van der Waals surface area contributed by atoms with Crippen molar-refractivity contribution in [3.63, 3.8) is 0 Å². The topological polar surface area (TPSA) is 69.6 Å². The van der Waals surface area contributed by atoms with Crippen molar-refractivity contribution in [3.8, 4) is 5.75 Å². The number of carbonyl (C=O) groups excluding carboxylic acids is 2. The molecule has 0 aromatic heterocycles. The van der Waals surface area contributed by atoms with Crippen LogP contribution in [0.15, 0.2) is 48.5 Å². The largest absolute Gasteiger partial charge is 0.508 e. The van der Waals surface area contributed by atoms with Gasteiger partial charge >= 0.3 is 0 Å². The zero-order chi connectivity index (χ0) is 17.1. The van der Waals surface area contributed by atoms with Crippen LogP contribution >= 0.6 is 11.6 Å². The molecule has 5 nitrogen and oxygen atoms in total. The van der Waals surface area contributed by atoms with E-state index in [4.69, 9.17) is 11.6 Å². The van der Waals surface area contributed by atoms with Crippen LogP contribution < -0.4 is 5.32 Å². The third-order valence-electron chi connectivity index (χ3n) is 4.02. The monoisotopic (exact) mass is 344 g/mol. The molecule has 2 amide bonds. The van der Waals surface area contributed by atoms with E-state index in [9.17, 15) is 14.7 Å². The first-order valence-corrected chi connectivity index (χ1v) is 8.03. The maximum absolute atomic E-state index is 12.7. The molecule has 0 bridgehead atoms. The molecule has 2 N–H and O–H groups in total. The van der Waals surface area contributed by atoms with Crippen LogP contribution in [0.1, 0.15) is 17.2 Å². The van der Waals surface area contributed by atoms with Crippen LogP contribution in [0.3, 0.4) is 0 Å². The highest BCUT2D eigenvalue weighted by Crippen LogP contribution is 2.29. The van der Waals surface area contributed by atoms with Crippen molar-refractivity contribution in [1.29, 1.82) is 0 Å². The molecule has 0 saturated carbocycles. The zero-order valence-corrected chi connectivity index (χ0v) is 13.7. The Bertz CT molecular complexity index is 761. The molecule has 1 aliphatic rings. The summed E-state index contributed by atoms with van der Waals surface area (Å²) in [5.41, 5.74) is 1.40. The van der Waals surface area contributed by atoms with E-state index in [0.29, 0.717) is 23.7 Å². The van der Waals surface area contributed by atoms with Gasteiger partial charge in [0, 0.05) is 23.7 Å². The van der Waals surface area contributed by atoms with Crippen LogP contribution in [-0.2, 0) is 16.0 Å². The summed E-state index contributed by atoms with van der Waals surface area (Å²) in [6.07, 6.45) is 0.161. The van der Waals surface area contributed by atoms with Gasteiger partial charge in [0.1, 0.15) is 11.8 Å². The summed E-state index contributed by atoms with van der Waals surface area (Å²) in [4.78, 5) is 26.7. The second-order valence-corrected chi connectivity index (χ2v) is 6.05. The van der Waals surface area contributed by atoms with E-state index in [2.05, 4.69) is 5.32 Å². The van der Waals surface area contributed by atoms with Crippen LogP contribution in [0.2, 0.25) is 5.02 Å². The second-order valence-electron chi connectivity index (χ2n) is 5.65. The van der Waals surface area contributed by atoms with Gasteiger partial charge in [-0.1, -0.05) is 41.9 Å². The quantitative estimate of drug-likeness (QED) is 0.897. The number of phenols is 1. The minimum Gasteiger partial charge on any atom is -0.508 e. The smallest absolute Gasteiger partial charge is 0.247 e. The molecule has 1 aliphatic heterocycles. The van der Waals surface area contributed by atoms with Crippen molar-refractivity contribution in [2.24, 2.45) is 0 Å². The van der Waals surface area contributed by atoms with Crippen molar-refractivity contribution >= 4 is 23.4 Å². The molecular formula is C18H17ClN2O3. The van der Waals surface area contributed by atoms with Crippen molar-refractivity contribution in [1.82, 2.24) is 10.2 Å². The number of nitrogens with zero attached hydrogens (tertiary/aromatic N) is 1. The summed E-state index contributed by atoms with van der Waals surface area (Å²) < 4.78 is 0. The van der Waals surface area contributed by atoms with Gasteiger partial charge in [0.25, 0.3) is 0 Å². The highest BCUT2D eigenvalue weighted by molar-refractivity contribution is 6.31. The van der Waals surface area contributed by atoms with E-state index in [-0.39, 0.29) is 24.0 Å². The molecule has 0 spiro atoms. The lowest BCUT2D eigenvalue weighted by Crippen LogP contribution is -2.52. The Balaban J connectivity index is 1.86. The van der Waals surface area contributed by atoms with Crippen LogP contribution in [0.25, 0.3) is 0 Å². The van der Waals surface area contributed by atoms with Crippen molar-refractivity contribution in [2.75, 3.05) is 13.1 Å². The van der Waals surface area contributed by atoms with E-state index in [1.54, 1.807) is 41.3 Å². The van der Waals surface area contributed by atoms with Gasteiger partial charge in [-0.05, 0) is 23.8 Å². The number of piperazine rings is 1. The van der Waals surface area contributed by atoms with Crippen molar-refractivity contribution in [2.45, 2.75) is 12.5 Å². The number of carbonyl (C=O) groups is 2. The molecule has 24 heavy (non-hydrogen) atoms. The molecule has 2 aromatic carbocycles. The Morgan fingerprint density at radius 3 is 2.62 bits per heavy atom. The second kappa shape index (κ2) is 6.93. The number of rotatable bonds is 3. The van der Waals surface area contributed by atoms with Crippen LogP contribution in [0.5, 0.6) is 5.75 Å². The van der Waals surface area contributed by atoms with Crippen LogP contribution in [0.4, 0.5) is 0 Å². The zero-order valence-electron chi connectivity index (χ0n) is 12.9. The van der Waals surface area contributed by atoms with E-state index in [0.717, 1.165) is 5.56 Å². The Morgan fingerprint density at radius 2 is 1.92 bits per heavy atom. The fourth-order valence-corrected chi connectivity index (χ4v) is 3.07. The lowest BCUT2D eigenvalue weighted by Gasteiger charge is -2.35. The number of nitrogens with one attached hydrogen (secondary N) is 1. The molecule has 1 fully saturated rings. The number of benzene rings is 2. The van der Waals surface area contributed by atoms with E-state index >= 15 is 0 Å². The first kappa shape index (κ1) is 16.3. The Kier molecular flexibility index (Phi) is 4.71. The van der Waals surface area contributed by atoms with Gasteiger partial charge < -0.3 is 15.3 Å². The standard InChI is InChI=1S/C18H17ClN2O3/c19-15-4-2-1-3-14(15)17-18(24)20-9-10-21(17)16(23)11-12-5-7-13(22)8-6-12/h1-8,17,22H,9-11H2,(H,20,24). The minimum atomic E-state index is -0.725. The number of aromatic hydroxyl groups is 1. The number of halogens is 1. The summed E-state index contributed by atoms with van der Waals surface area (Å²) in [7, 11) is 0. The van der Waals surface area contributed by atoms with E-state index < -0.39 is 6.04 Å². The molecule has 1 atom stereocenters. The normalized spacial score (nSPS) is 17.5. The maximum Gasteiger partial charge on any atom is 0.247 e. The van der Waals surface area contributed by atoms with Crippen LogP contribution in [0, 0.1) is 0 Å². The van der Waals surface area contributed by atoms with Gasteiger partial charge in [-0.2, -0.15) is 0 Å². The molecule has 1 heterocycles. The third-order valence-corrected chi connectivity index (χ3v) is 4.37. The van der Waals surface area contributed by atoms with Gasteiger partial charge in [-0.25, -0.2) is 0 Å². The predicted octanol–water partition coefficient (Wildman–Crippen LogP) is 2.29. The Morgan fingerprint density at radius 1 is 1.21 bits per heavy atom. The summed E-state index contributed by atoms with van der Waals surface area (Å²) in [6, 6.07) is 12.8. The van der Waals surface area contributed by atoms with Gasteiger partial charge in [-0.3, -0.25) is 9.59 Å². The fourth-order valence-electron chi connectivity index (χ4n) is 2.83. The fraction of sp³-hybridized carbons (Fsp3) is 0.222. The predicted molar refractivity (Wildman–Crippen MR) is 90.7 cm³/mol. The molecule has 1 unspecified atom stereocenters. The van der Waals surface area contributed by atoms with Gasteiger partial charge in [-0.15, -0.1) is 0 Å². The molecule has 3 rings (SSSR count). The highest BCUT2D eigenvalue weighted by atomic mass is 35.5. The lowest BCUT2D eigenvalue weighted by molar-refractivity contribution is -0.143. The lowest BCUT2D eigenvalue weighted by atomic mass is 10.0. The SMILES string of the molecule is O=C1NCCN(C(=O)Cc2ccc(O)cc2)C1c1ccccc1Cl. The first-order valence-electron chi connectivity index (χ1n) is 7.66. The summed E-state index contributed by atoms with van der Waals surface area (Å²) in [6.45, 7) is 0.847. The van der Waals surface area contributed by atoms with Crippen molar-refractivity contribution < 1.29 is 14.7 Å². The molecule has 2 aromatic rings. The highest BCUT2D eigenvalue weighted by Gasteiger charge is 2.35.